The molecule has 29 heavy (non-hydrogen) atoms. The molecule has 0 spiro atoms. The molecule has 1 fully saturated rings. The number of carbonyl (C=O) groups excluding carboxylic acids is 1. The van der Waals surface area contributed by atoms with E-state index in [0.29, 0.717) is 12.5 Å². The summed E-state index contributed by atoms with van der Waals surface area (Å²) in [6, 6.07) is 5.74. The van der Waals surface area contributed by atoms with Gasteiger partial charge in [-0.05, 0) is 43.9 Å². The lowest BCUT2D eigenvalue weighted by molar-refractivity contribution is -0.189. The number of benzene rings is 1. The van der Waals surface area contributed by atoms with Gasteiger partial charge in [-0.2, -0.15) is 23.5 Å². The highest BCUT2D eigenvalue weighted by molar-refractivity contribution is 5.97. The summed E-state index contributed by atoms with van der Waals surface area (Å²) in [6.07, 6.45) is -2.30. The van der Waals surface area contributed by atoms with Crippen LogP contribution in [0.4, 0.5) is 13.2 Å². The fourth-order valence-corrected chi connectivity index (χ4v) is 3.31. The van der Waals surface area contributed by atoms with Crippen LogP contribution in [0, 0.1) is 17.2 Å². The summed E-state index contributed by atoms with van der Waals surface area (Å²) in [4.78, 5) is 14.5. The van der Waals surface area contributed by atoms with Gasteiger partial charge in [-0.25, -0.2) is 0 Å². The Balaban J connectivity index is 1.54. The number of hydrogen-bond donors (Lipinski definition) is 0. The Morgan fingerprint density at radius 3 is 2.76 bits per heavy atom. The van der Waals surface area contributed by atoms with Crippen LogP contribution in [0.1, 0.15) is 46.9 Å². The second-order valence-electron chi connectivity index (χ2n) is 7.55. The van der Waals surface area contributed by atoms with E-state index in [-0.39, 0.29) is 23.4 Å². The third kappa shape index (κ3) is 4.06. The molecular formula is C20H19F3N4O2. The zero-order valence-electron chi connectivity index (χ0n) is 15.7. The second-order valence-corrected chi connectivity index (χ2v) is 7.55. The van der Waals surface area contributed by atoms with Crippen LogP contribution in [0.2, 0.25) is 0 Å². The summed E-state index contributed by atoms with van der Waals surface area (Å²) in [5, 5.41) is 13.6. The molecule has 4 rings (SSSR count). The number of aromatic nitrogens is 2. The number of amides is 1. The molecule has 0 saturated heterocycles. The van der Waals surface area contributed by atoms with E-state index in [1.807, 2.05) is 16.9 Å². The van der Waals surface area contributed by atoms with Gasteiger partial charge in [0.15, 0.2) is 6.10 Å². The third-order valence-electron chi connectivity index (χ3n) is 5.16. The van der Waals surface area contributed by atoms with Gasteiger partial charge in [0.1, 0.15) is 5.75 Å². The number of carbonyl (C=O) groups is 1. The van der Waals surface area contributed by atoms with Crippen molar-refractivity contribution in [3.8, 4) is 11.8 Å². The van der Waals surface area contributed by atoms with Crippen molar-refractivity contribution in [2.75, 3.05) is 0 Å². The van der Waals surface area contributed by atoms with Crippen molar-refractivity contribution in [3.05, 3.63) is 46.8 Å². The summed E-state index contributed by atoms with van der Waals surface area (Å²) in [7, 11) is 0. The Labute approximate surface area is 165 Å². The molecule has 1 unspecified atom stereocenters. The normalized spacial score (nSPS) is 17.0. The van der Waals surface area contributed by atoms with Crippen molar-refractivity contribution in [1.82, 2.24) is 14.7 Å². The van der Waals surface area contributed by atoms with Gasteiger partial charge in [-0.3, -0.25) is 9.48 Å². The van der Waals surface area contributed by atoms with Crippen molar-refractivity contribution in [1.29, 1.82) is 5.26 Å². The van der Waals surface area contributed by atoms with Gasteiger partial charge >= 0.3 is 6.18 Å². The highest BCUT2D eigenvalue weighted by atomic mass is 19.4. The van der Waals surface area contributed by atoms with E-state index in [2.05, 4.69) is 5.10 Å². The fraction of sp³-hybridized carbons (Fsp3) is 0.450. The first-order valence-electron chi connectivity index (χ1n) is 9.36. The zero-order chi connectivity index (χ0) is 20.8. The number of ether oxygens (including phenoxy) is 1. The Hall–Kier alpha value is -3.02. The molecule has 2 aliphatic rings. The first-order chi connectivity index (χ1) is 13.7. The van der Waals surface area contributed by atoms with E-state index >= 15 is 0 Å². The number of fused-ring (bicyclic) bond motifs is 1. The molecule has 0 N–H and O–H groups in total. The van der Waals surface area contributed by atoms with Crippen molar-refractivity contribution in [2.45, 2.75) is 51.7 Å². The fourth-order valence-electron chi connectivity index (χ4n) is 3.31. The Kier molecular flexibility index (Phi) is 4.73. The van der Waals surface area contributed by atoms with Crippen molar-refractivity contribution >= 4 is 5.91 Å². The maximum Gasteiger partial charge on any atom is 0.425 e. The zero-order valence-corrected chi connectivity index (χ0v) is 15.7. The van der Waals surface area contributed by atoms with Gasteiger partial charge in [0.25, 0.3) is 5.91 Å². The van der Waals surface area contributed by atoms with Gasteiger partial charge in [0, 0.05) is 24.8 Å². The van der Waals surface area contributed by atoms with E-state index in [1.165, 1.54) is 35.9 Å². The number of alkyl halides is 3. The van der Waals surface area contributed by atoms with Gasteiger partial charge in [-0.15, -0.1) is 0 Å². The second kappa shape index (κ2) is 7.10. The molecule has 1 saturated carbocycles. The quantitative estimate of drug-likeness (QED) is 0.763. The lowest BCUT2D eigenvalue weighted by Crippen LogP contribution is -2.32. The highest BCUT2D eigenvalue weighted by Crippen LogP contribution is 2.33. The Morgan fingerprint density at radius 2 is 2.14 bits per heavy atom. The molecule has 1 aromatic heterocycles. The maximum absolute atomic E-state index is 13.0. The van der Waals surface area contributed by atoms with Crippen LogP contribution < -0.4 is 4.74 Å². The minimum absolute atomic E-state index is 0.0591. The minimum atomic E-state index is -4.57. The molecule has 6 nitrogen and oxygen atoms in total. The largest absolute Gasteiger partial charge is 0.480 e. The van der Waals surface area contributed by atoms with Gasteiger partial charge < -0.3 is 9.64 Å². The van der Waals surface area contributed by atoms with Crippen molar-refractivity contribution in [2.24, 2.45) is 5.92 Å². The van der Waals surface area contributed by atoms with Gasteiger partial charge in [-0.1, -0.05) is 0 Å². The molecule has 0 bridgehead atoms. The van der Waals surface area contributed by atoms with E-state index in [9.17, 15) is 18.0 Å². The predicted molar refractivity (Wildman–Crippen MR) is 95.8 cm³/mol. The average Bonchev–Trinajstić information content (AvgIpc) is 3.27. The van der Waals surface area contributed by atoms with Gasteiger partial charge in [0.05, 0.1) is 29.4 Å². The van der Waals surface area contributed by atoms with Crippen LogP contribution in [0.25, 0.3) is 0 Å². The molecular weight excluding hydrogens is 385 g/mol. The number of nitrogens with zero attached hydrogens (tertiary/aromatic N) is 4. The van der Waals surface area contributed by atoms with Crippen molar-refractivity contribution < 1.29 is 22.7 Å². The first-order valence-corrected chi connectivity index (χ1v) is 9.36. The average molecular weight is 404 g/mol. The van der Waals surface area contributed by atoms with E-state index in [4.69, 9.17) is 10.00 Å². The van der Waals surface area contributed by atoms with E-state index in [1.54, 1.807) is 0 Å². The minimum Gasteiger partial charge on any atom is -0.480 e. The molecule has 0 radical (unpaired) electrons. The summed E-state index contributed by atoms with van der Waals surface area (Å²) in [5.41, 5.74) is 1.84. The smallest absolute Gasteiger partial charge is 0.425 e. The topological polar surface area (TPSA) is 71.2 Å². The molecule has 2 heterocycles. The molecule has 2 aromatic rings. The molecule has 9 heteroatoms. The van der Waals surface area contributed by atoms with Crippen LogP contribution in [0.5, 0.6) is 5.75 Å². The molecule has 1 atom stereocenters. The number of rotatable bonds is 5. The molecule has 1 aromatic carbocycles. The SMILES string of the molecule is CC(Oc1ccc(C#N)cc1C(=O)N1Cc2cn(CC3CC3)nc2C1)C(F)(F)F. The van der Waals surface area contributed by atoms with Crippen LogP contribution in [0.15, 0.2) is 24.4 Å². The molecule has 1 aliphatic carbocycles. The van der Waals surface area contributed by atoms with E-state index < -0.39 is 18.2 Å². The van der Waals surface area contributed by atoms with Crippen LogP contribution in [-0.4, -0.2) is 32.9 Å². The summed E-state index contributed by atoms with van der Waals surface area (Å²) >= 11 is 0. The number of halogens is 3. The molecule has 1 aliphatic heterocycles. The van der Waals surface area contributed by atoms with Crippen LogP contribution in [0.3, 0.4) is 0 Å². The van der Waals surface area contributed by atoms with Gasteiger partial charge in [0.2, 0.25) is 0 Å². The van der Waals surface area contributed by atoms with Crippen molar-refractivity contribution in [3.63, 3.8) is 0 Å². The molecule has 1 amide bonds. The number of nitriles is 1. The maximum atomic E-state index is 13.0. The Morgan fingerprint density at radius 1 is 1.38 bits per heavy atom. The monoisotopic (exact) mass is 404 g/mol. The standard InChI is InChI=1S/C20H19F3N4O2/c1-12(20(21,22)23)29-18-5-4-14(7-24)6-16(18)19(28)26-9-15-10-27(8-13-2-3-13)25-17(15)11-26/h4-6,10,12-13H,2-3,8-9,11H2,1H3. The summed E-state index contributed by atoms with van der Waals surface area (Å²) in [5.74, 6) is -0.00260. The van der Waals surface area contributed by atoms with E-state index in [0.717, 1.165) is 24.7 Å². The van der Waals surface area contributed by atoms with Crippen LogP contribution >= 0.6 is 0 Å². The Bertz CT molecular complexity index is 965. The lowest BCUT2D eigenvalue weighted by atomic mass is 10.1. The van der Waals surface area contributed by atoms with Crippen LogP contribution in [-0.2, 0) is 19.6 Å². The molecule has 152 valence electrons. The third-order valence-corrected chi connectivity index (χ3v) is 5.16. The first kappa shape index (κ1) is 19.3. The summed E-state index contributed by atoms with van der Waals surface area (Å²) < 4.78 is 45.6. The highest BCUT2D eigenvalue weighted by Gasteiger charge is 2.39. The lowest BCUT2D eigenvalue weighted by Gasteiger charge is -2.22. The predicted octanol–water partition coefficient (Wildman–Crippen LogP) is 3.65. The summed E-state index contributed by atoms with van der Waals surface area (Å²) in [6.45, 7) is 2.35. The number of hydrogen-bond acceptors (Lipinski definition) is 4.